The third-order valence-corrected chi connectivity index (χ3v) is 0. The van der Waals surface area contributed by atoms with Gasteiger partial charge in [0.25, 0.3) is 0 Å². The molecule has 0 aromatic carbocycles. The number of hydrogen-bond donors (Lipinski definition) is 2. The van der Waals surface area contributed by atoms with E-state index in [1.54, 1.807) is 0 Å². The molecule has 5 heteroatoms. The minimum Gasteiger partial charge on any atom is -0.433 e. The molecular formula is C9H29O2Si3. The maximum absolute atomic E-state index is 8.66. The molecule has 2 N–H and O–H groups in total. The van der Waals surface area contributed by atoms with Gasteiger partial charge in [-0.1, -0.05) is 26.2 Å². The summed E-state index contributed by atoms with van der Waals surface area (Å²) in [4.78, 5) is 16.8. The van der Waals surface area contributed by atoms with Crippen molar-refractivity contribution in [3.8, 4) is 0 Å². The highest BCUT2D eigenvalue weighted by molar-refractivity contribution is 6.74. The molecule has 0 spiro atoms. The topological polar surface area (TPSA) is 40.5 Å². The lowest BCUT2D eigenvalue weighted by molar-refractivity contribution is 0.561. The highest BCUT2D eigenvalue weighted by Gasteiger charge is 2.03. The summed E-state index contributed by atoms with van der Waals surface area (Å²) in [7, 11) is -3.10. The monoisotopic (exact) mass is 253 g/mol. The van der Waals surface area contributed by atoms with Gasteiger partial charge in [0.05, 0.1) is 0 Å². The summed E-state index contributed by atoms with van der Waals surface area (Å²) in [5.74, 6) is 0. The molecule has 2 nitrogen and oxygen atoms in total. The first-order valence-electron chi connectivity index (χ1n) is 4.95. The summed E-state index contributed by atoms with van der Waals surface area (Å²) < 4.78 is 0. The molecule has 0 unspecified atom stereocenters. The highest BCUT2D eigenvalue weighted by Crippen LogP contribution is 1.94. The van der Waals surface area contributed by atoms with Crippen LogP contribution in [0.5, 0.6) is 0 Å². The average Bonchev–Trinajstić information content (AvgIpc) is 1.45. The normalized spacial score (nSPS) is 11.1. The summed E-state index contributed by atoms with van der Waals surface area (Å²) in [6, 6.07) is 0. The van der Waals surface area contributed by atoms with Crippen molar-refractivity contribution in [1.82, 2.24) is 0 Å². The van der Waals surface area contributed by atoms with Gasteiger partial charge in [0.2, 0.25) is 0 Å². The first-order valence-corrected chi connectivity index (χ1v) is 14.8. The molecule has 0 saturated heterocycles. The van der Waals surface area contributed by atoms with E-state index in [4.69, 9.17) is 9.59 Å². The van der Waals surface area contributed by atoms with Crippen LogP contribution in [-0.2, 0) is 0 Å². The SMILES string of the molecule is C[Si](C)(C)C.C[Si](C)(C)O.C[Si](C)O. The van der Waals surface area contributed by atoms with Gasteiger partial charge in [-0.15, -0.1) is 0 Å². The Kier molecular flexibility index (Phi) is 12.7. The van der Waals surface area contributed by atoms with Crippen molar-refractivity contribution >= 4 is 25.4 Å². The number of rotatable bonds is 0. The van der Waals surface area contributed by atoms with E-state index in [0.717, 1.165) is 0 Å². The first kappa shape index (κ1) is 20.0. The summed E-state index contributed by atoms with van der Waals surface area (Å²) >= 11 is 0. The fourth-order valence-corrected chi connectivity index (χ4v) is 0. The van der Waals surface area contributed by atoms with E-state index in [1.807, 2.05) is 32.7 Å². The Morgan fingerprint density at radius 2 is 0.786 bits per heavy atom. The smallest absolute Gasteiger partial charge is 0.200 e. The molecule has 14 heavy (non-hydrogen) atoms. The maximum atomic E-state index is 8.66. The molecule has 0 rings (SSSR count). The second-order valence-electron chi connectivity index (χ2n) is 6.12. The van der Waals surface area contributed by atoms with E-state index in [1.165, 1.54) is 0 Å². The Labute approximate surface area is 94.2 Å². The molecular weight excluding hydrogens is 224 g/mol. The molecule has 0 aromatic rings. The van der Waals surface area contributed by atoms with E-state index >= 15 is 0 Å². The largest absolute Gasteiger partial charge is 0.433 e. The van der Waals surface area contributed by atoms with Gasteiger partial charge in [0.1, 0.15) is 0 Å². The van der Waals surface area contributed by atoms with Gasteiger partial charge in [-0.2, -0.15) is 0 Å². The molecule has 0 heterocycles. The van der Waals surface area contributed by atoms with Gasteiger partial charge in [-0.25, -0.2) is 0 Å². The summed E-state index contributed by atoms with van der Waals surface area (Å²) in [6.45, 7) is 18.6. The third kappa shape index (κ3) is 5170. The minimum absolute atomic E-state index is 0.611. The van der Waals surface area contributed by atoms with Gasteiger partial charge in [-0.05, 0) is 32.7 Å². The van der Waals surface area contributed by atoms with Gasteiger partial charge in [0, 0.05) is 8.07 Å². The quantitative estimate of drug-likeness (QED) is 0.652. The minimum atomic E-state index is -1.61. The number of hydrogen-bond acceptors (Lipinski definition) is 2. The zero-order valence-electron chi connectivity index (χ0n) is 11.4. The molecule has 0 bridgehead atoms. The average molecular weight is 254 g/mol. The van der Waals surface area contributed by atoms with Crippen LogP contribution >= 0.6 is 0 Å². The summed E-state index contributed by atoms with van der Waals surface area (Å²) in [5, 5.41) is 0. The van der Waals surface area contributed by atoms with E-state index in [-0.39, 0.29) is 0 Å². The van der Waals surface area contributed by atoms with E-state index in [0.29, 0.717) is 0 Å². The van der Waals surface area contributed by atoms with Crippen LogP contribution in [0, 0.1) is 0 Å². The van der Waals surface area contributed by atoms with E-state index in [9.17, 15) is 0 Å². The van der Waals surface area contributed by atoms with Crippen molar-refractivity contribution in [1.29, 1.82) is 0 Å². The van der Waals surface area contributed by atoms with Crippen molar-refractivity contribution in [2.24, 2.45) is 0 Å². The molecule has 89 valence electrons. The zero-order chi connectivity index (χ0) is 12.6. The van der Waals surface area contributed by atoms with Crippen molar-refractivity contribution in [3.05, 3.63) is 0 Å². The van der Waals surface area contributed by atoms with Gasteiger partial charge in [0.15, 0.2) is 17.4 Å². The molecule has 0 aromatic heterocycles. The lowest BCUT2D eigenvalue weighted by Crippen LogP contribution is -2.17. The van der Waals surface area contributed by atoms with E-state index < -0.39 is 25.4 Å². The van der Waals surface area contributed by atoms with Gasteiger partial charge in [-0.3, -0.25) is 0 Å². The Hall–Kier alpha value is 0.571. The summed E-state index contributed by atoms with van der Waals surface area (Å²) in [6.07, 6.45) is 0. The molecule has 0 aliphatic carbocycles. The highest BCUT2D eigenvalue weighted by atomic mass is 28.4. The van der Waals surface area contributed by atoms with Gasteiger partial charge < -0.3 is 9.59 Å². The standard InChI is InChI=1S/C4H12Si.C3H10OSi.C2H7OSi/c2*1-5(2,3)4;1-4(2)3/h1-4H3;4H,1-3H3;3H,1-2H3. The lowest BCUT2D eigenvalue weighted by Gasteiger charge is -2.01. The third-order valence-electron chi connectivity index (χ3n) is 0. The molecule has 0 amide bonds. The van der Waals surface area contributed by atoms with Gasteiger partial charge >= 0.3 is 0 Å². The fourth-order valence-electron chi connectivity index (χ4n) is 0. The first-order chi connectivity index (χ1) is 5.73. The van der Waals surface area contributed by atoms with Crippen LogP contribution in [0.2, 0.25) is 58.9 Å². The lowest BCUT2D eigenvalue weighted by atomic mass is 11.8. The molecule has 0 aliphatic heterocycles. The van der Waals surface area contributed by atoms with Crippen LogP contribution in [0.25, 0.3) is 0 Å². The molecule has 0 saturated carbocycles. The molecule has 1 radical (unpaired) electrons. The second-order valence-corrected chi connectivity index (χ2v) is 18.4. The second kappa shape index (κ2) is 8.85. The predicted octanol–water partition coefficient (Wildman–Crippen LogP) is 3.00. The van der Waals surface area contributed by atoms with Crippen LogP contribution in [0.4, 0.5) is 0 Å². The van der Waals surface area contributed by atoms with Crippen LogP contribution in [0.15, 0.2) is 0 Å². The Morgan fingerprint density at radius 1 is 0.786 bits per heavy atom. The van der Waals surface area contributed by atoms with Crippen LogP contribution in [-0.4, -0.2) is 35.0 Å². The molecule has 0 fully saturated rings. The molecule has 0 aliphatic rings. The Morgan fingerprint density at radius 3 is 0.786 bits per heavy atom. The summed E-state index contributed by atoms with van der Waals surface area (Å²) in [5.41, 5.74) is 0. The zero-order valence-corrected chi connectivity index (χ0v) is 14.4. The van der Waals surface area contributed by atoms with Crippen molar-refractivity contribution < 1.29 is 9.59 Å². The fraction of sp³-hybridized carbons (Fsp3) is 1.00. The van der Waals surface area contributed by atoms with Crippen LogP contribution in [0.3, 0.4) is 0 Å². The maximum Gasteiger partial charge on any atom is 0.200 e. The van der Waals surface area contributed by atoms with Crippen LogP contribution in [0.1, 0.15) is 0 Å². The predicted molar refractivity (Wildman–Crippen MR) is 74.5 cm³/mol. The van der Waals surface area contributed by atoms with Crippen molar-refractivity contribution in [2.75, 3.05) is 0 Å². The van der Waals surface area contributed by atoms with Crippen LogP contribution < -0.4 is 0 Å². The Bertz CT molecular complexity index is 87.5. The van der Waals surface area contributed by atoms with Crippen molar-refractivity contribution in [3.63, 3.8) is 0 Å². The van der Waals surface area contributed by atoms with Crippen molar-refractivity contribution in [2.45, 2.75) is 58.9 Å². The Balaban J connectivity index is -0.000000131. The molecule has 0 atom stereocenters. The van der Waals surface area contributed by atoms with E-state index in [2.05, 4.69) is 26.2 Å².